The smallest absolute Gasteiger partial charge is 0.194 e. The van der Waals surface area contributed by atoms with E-state index in [1.54, 1.807) is 24.3 Å². The molecule has 0 spiro atoms. The molecule has 0 saturated heterocycles. The Bertz CT molecular complexity index is 611. The fourth-order valence-electron chi connectivity index (χ4n) is 1.73. The zero-order chi connectivity index (χ0) is 13.8. The van der Waals surface area contributed by atoms with Crippen LogP contribution in [0.25, 0.3) is 0 Å². The number of ether oxygens (including phenoxy) is 1. The summed E-state index contributed by atoms with van der Waals surface area (Å²) in [5.41, 5.74) is 0.564. The highest BCUT2D eigenvalue weighted by molar-refractivity contribution is 6.35. The van der Waals surface area contributed by atoms with E-state index in [1.807, 2.05) is 6.92 Å². The van der Waals surface area contributed by atoms with Gasteiger partial charge in [-0.3, -0.25) is 4.79 Å². The van der Waals surface area contributed by atoms with Crippen molar-refractivity contribution in [1.29, 1.82) is 0 Å². The van der Waals surface area contributed by atoms with E-state index in [-0.39, 0.29) is 16.4 Å². The molecule has 0 fully saturated rings. The van der Waals surface area contributed by atoms with Gasteiger partial charge < -0.3 is 4.74 Å². The highest BCUT2D eigenvalue weighted by Gasteiger charge is 2.15. The van der Waals surface area contributed by atoms with Crippen LogP contribution in [-0.2, 0) is 0 Å². The number of carbonyl (C=O) groups is 1. The largest absolute Gasteiger partial charge is 0.494 e. The molecular weight excluding hydrogens is 267 g/mol. The van der Waals surface area contributed by atoms with Gasteiger partial charge in [0.15, 0.2) is 5.78 Å². The number of hydrogen-bond donors (Lipinski definition) is 0. The molecule has 2 nitrogen and oxygen atoms in total. The fraction of sp³-hybridized carbons (Fsp3) is 0.133. The summed E-state index contributed by atoms with van der Waals surface area (Å²) in [7, 11) is 0. The number of benzene rings is 2. The predicted octanol–water partition coefficient (Wildman–Crippen LogP) is 4.11. The topological polar surface area (TPSA) is 26.3 Å². The summed E-state index contributed by atoms with van der Waals surface area (Å²) in [6.45, 7) is 2.37. The standard InChI is InChI=1S/C15H12ClFO2/c1-2-19-11-6-3-5-10(9-11)15(18)12-7-4-8-13(17)14(12)16/h3-9H,2H2,1H3. The minimum Gasteiger partial charge on any atom is -0.494 e. The van der Waals surface area contributed by atoms with Crippen molar-refractivity contribution in [2.24, 2.45) is 0 Å². The lowest BCUT2D eigenvalue weighted by Gasteiger charge is -2.07. The molecule has 0 bridgehead atoms. The quantitative estimate of drug-likeness (QED) is 0.787. The Hall–Kier alpha value is -1.87. The van der Waals surface area contributed by atoms with Crippen LogP contribution in [-0.4, -0.2) is 12.4 Å². The molecule has 2 aromatic carbocycles. The van der Waals surface area contributed by atoms with Gasteiger partial charge in [0.2, 0.25) is 0 Å². The molecule has 0 aliphatic carbocycles. The number of hydrogen-bond acceptors (Lipinski definition) is 2. The molecule has 0 amide bonds. The summed E-state index contributed by atoms with van der Waals surface area (Å²) < 4.78 is 18.7. The highest BCUT2D eigenvalue weighted by Crippen LogP contribution is 2.24. The van der Waals surface area contributed by atoms with Gasteiger partial charge in [-0.1, -0.05) is 29.8 Å². The Kier molecular flexibility index (Phi) is 4.17. The molecule has 0 heterocycles. The van der Waals surface area contributed by atoms with Crippen molar-refractivity contribution in [3.8, 4) is 5.75 Å². The summed E-state index contributed by atoms with van der Waals surface area (Å²) in [6.07, 6.45) is 0. The zero-order valence-corrected chi connectivity index (χ0v) is 11.1. The first-order valence-electron chi connectivity index (χ1n) is 5.85. The third-order valence-corrected chi connectivity index (χ3v) is 2.99. The first kappa shape index (κ1) is 13.6. The van der Waals surface area contributed by atoms with Crippen LogP contribution in [0.5, 0.6) is 5.75 Å². The minimum absolute atomic E-state index is 0.148. The zero-order valence-electron chi connectivity index (χ0n) is 10.3. The lowest BCUT2D eigenvalue weighted by atomic mass is 10.0. The number of rotatable bonds is 4. The van der Waals surface area contributed by atoms with Gasteiger partial charge in [0.05, 0.1) is 11.6 Å². The molecule has 0 unspecified atom stereocenters. The lowest BCUT2D eigenvalue weighted by molar-refractivity contribution is 0.103. The molecule has 0 aromatic heterocycles. The molecule has 98 valence electrons. The van der Waals surface area contributed by atoms with Crippen LogP contribution in [0.4, 0.5) is 4.39 Å². The van der Waals surface area contributed by atoms with Crippen molar-refractivity contribution >= 4 is 17.4 Å². The van der Waals surface area contributed by atoms with Crippen LogP contribution in [0.2, 0.25) is 5.02 Å². The van der Waals surface area contributed by atoms with Crippen molar-refractivity contribution < 1.29 is 13.9 Å². The lowest BCUT2D eigenvalue weighted by Crippen LogP contribution is -2.04. The van der Waals surface area contributed by atoms with Crippen LogP contribution in [0.1, 0.15) is 22.8 Å². The van der Waals surface area contributed by atoms with Crippen molar-refractivity contribution in [1.82, 2.24) is 0 Å². The molecule has 19 heavy (non-hydrogen) atoms. The third kappa shape index (κ3) is 2.93. The molecule has 0 aliphatic rings. The van der Waals surface area contributed by atoms with Crippen LogP contribution >= 0.6 is 11.6 Å². The van der Waals surface area contributed by atoms with Crippen LogP contribution in [0.15, 0.2) is 42.5 Å². The van der Waals surface area contributed by atoms with Crippen molar-refractivity contribution in [2.45, 2.75) is 6.92 Å². The van der Waals surface area contributed by atoms with Crippen molar-refractivity contribution in [3.05, 3.63) is 64.4 Å². The molecule has 0 aliphatic heterocycles. The van der Waals surface area contributed by atoms with Gasteiger partial charge >= 0.3 is 0 Å². The highest BCUT2D eigenvalue weighted by atomic mass is 35.5. The predicted molar refractivity (Wildman–Crippen MR) is 72.5 cm³/mol. The van der Waals surface area contributed by atoms with Crippen LogP contribution in [0.3, 0.4) is 0 Å². The average Bonchev–Trinajstić information content (AvgIpc) is 2.42. The summed E-state index contributed by atoms with van der Waals surface area (Å²) in [6, 6.07) is 10.9. The SMILES string of the molecule is CCOc1cccc(C(=O)c2cccc(F)c2Cl)c1. The van der Waals surface area contributed by atoms with E-state index in [2.05, 4.69) is 0 Å². The van der Waals surface area contributed by atoms with E-state index >= 15 is 0 Å². The minimum atomic E-state index is -0.603. The Morgan fingerprint density at radius 1 is 1.26 bits per heavy atom. The Balaban J connectivity index is 2.38. The molecule has 0 radical (unpaired) electrons. The summed E-state index contributed by atoms with van der Waals surface area (Å²) in [5, 5.41) is -0.158. The maximum absolute atomic E-state index is 13.3. The Morgan fingerprint density at radius 3 is 2.74 bits per heavy atom. The average molecular weight is 279 g/mol. The van der Waals surface area contributed by atoms with Gasteiger partial charge in [-0.2, -0.15) is 0 Å². The summed E-state index contributed by atoms with van der Waals surface area (Å²) >= 11 is 5.81. The van der Waals surface area contributed by atoms with Crippen molar-refractivity contribution in [3.63, 3.8) is 0 Å². The molecule has 0 N–H and O–H groups in total. The van der Waals surface area contributed by atoms with Crippen LogP contribution in [0, 0.1) is 5.82 Å². The maximum atomic E-state index is 13.3. The second kappa shape index (κ2) is 5.85. The fourth-order valence-corrected chi connectivity index (χ4v) is 1.94. The summed E-state index contributed by atoms with van der Waals surface area (Å²) in [4.78, 5) is 12.3. The van der Waals surface area contributed by atoms with Gasteiger partial charge in [0.1, 0.15) is 11.6 Å². The van der Waals surface area contributed by atoms with E-state index in [9.17, 15) is 9.18 Å². The van der Waals surface area contributed by atoms with E-state index in [0.717, 1.165) is 0 Å². The van der Waals surface area contributed by atoms with E-state index < -0.39 is 5.82 Å². The van der Waals surface area contributed by atoms with E-state index in [1.165, 1.54) is 18.2 Å². The molecule has 0 saturated carbocycles. The summed E-state index contributed by atoms with van der Waals surface area (Å²) in [5.74, 6) is -0.333. The van der Waals surface area contributed by atoms with Gasteiger partial charge in [0, 0.05) is 11.1 Å². The second-order valence-electron chi connectivity index (χ2n) is 3.89. The van der Waals surface area contributed by atoms with E-state index in [0.29, 0.717) is 17.9 Å². The number of halogens is 2. The van der Waals surface area contributed by atoms with Crippen molar-refractivity contribution in [2.75, 3.05) is 6.61 Å². The second-order valence-corrected chi connectivity index (χ2v) is 4.27. The number of carbonyl (C=O) groups excluding carboxylic acids is 1. The Labute approximate surface area is 115 Å². The molecule has 2 rings (SSSR count). The normalized spacial score (nSPS) is 10.3. The van der Waals surface area contributed by atoms with E-state index in [4.69, 9.17) is 16.3 Å². The molecule has 2 aromatic rings. The van der Waals surface area contributed by atoms with Gasteiger partial charge in [-0.25, -0.2) is 4.39 Å². The third-order valence-electron chi connectivity index (χ3n) is 2.60. The first-order chi connectivity index (χ1) is 9.13. The monoisotopic (exact) mass is 278 g/mol. The van der Waals surface area contributed by atoms with Gasteiger partial charge in [-0.05, 0) is 31.2 Å². The van der Waals surface area contributed by atoms with Crippen LogP contribution < -0.4 is 4.74 Å². The Morgan fingerprint density at radius 2 is 2.00 bits per heavy atom. The van der Waals surface area contributed by atoms with Gasteiger partial charge in [0.25, 0.3) is 0 Å². The number of ketones is 1. The first-order valence-corrected chi connectivity index (χ1v) is 6.23. The molecular formula is C15H12ClFO2. The molecule has 4 heteroatoms. The maximum Gasteiger partial charge on any atom is 0.194 e. The molecule has 0 atom stereocenters. The van der Waals surface area contributed by atoms with Gasteiger partial charge in [-0.15, -0.1) is 0 Å².